The van der Waals surface area contributed by atoms with Gasteiger partial charge in [-0.25, -0.2) is 0 Å². The molecule has 20 heavy (non-hydrogen) atoms. The molecule has 0 fully saturated rings. The van der Waals surface area contributed by atoms with Gasteiger partial charge in [-0.1, -0.05) is 34.1 Å². The summed E-state index contributed by atoms with van der Waals surface area (Å²) in [5, 5.41) is 15.7. The monoisotopic (exact) mass is 327 g/mol. The van der Waals surface area contributed by atoms with E-state index in [9.17, 15) is 0 Å². The minimum atomic E-state index is 0.653. The molecule has 0 aliphatic carbocycles. The molecule has 4 heteroatoms. The Morgan fingerprint density at radius 3 is 2.85 bits per heavy atom. The first-order valence-electron chi connectivity index (χ1n) is 6.50. The van der Waals surface area contributed by atoms with Crippen molar-refractivity contribution in [2.24, 2.45) is 0 Å². The molecular weight excluding hydrogens is 314 g/mol. The van der Waals surface area contributed by atoms with Crippen LogP contribution in [0.5, 0.6) is 0 Å². The third-order valence-electron chi connectivity index (χ3n) is 3.43. The zero-order valence-corrected chi connectivity index (χ0v) is 12.5. The van der Waals surface area contributed by atoms with E-state index in [-0.39, 0.29) is 0 Å². The summed E-state index contributed by atoms with van der Waals surface area (Å²) in [5.74, 6) is 0. The minimum absolute atomic E-state index is 0.653. The molecule has 0 aromatic heterocycles. The third-order valence-corrected chi connectivity index (χ3v) is 3.88. The Labute approximate surface area is 126 Å². The normalized spacial score (nSPS) is 12.8. The van der Waals surface area contributed by atoms with Crippen LogP contribution in [0, 0.1) is 11.3 Å². The molecule has 0 unspecified atom stereocenters. The predicted molar refractivity (Wildman–Crippen MR) is 83.2 cm³/mol. The van der Waals surface area contributed by atoms with Gasteiger partial charge in [-0.3, -0.25) is 0 Å². The highest BCUT2D eigenvalue weighted by Gasteiger charge is 2.09. The van der Waals surface area contributed by atoms with E-state index < -0.39 is 0 Å². The summed E-state index contributed by atoms with van der Waals surface area (Å²) in [6.07, 6.45) is 0. The Bertz CT molecular complexity index is 689. The molecule has 0 spiro atoms. The number of anilines is 1. The van der Waals surface area contributed by atoms with Crippen LogP contribution in [-0.2, 0) is 19.6 Å². The molecular formula is C16H14BrN3. The molecule has 0 saturated heterocycles. The molecule has 2 aromatic carbocycles. The van der Waals surface area contributed by atoms with Gasteiger partial charge < -0.3 is 10.6 Å². The standard InChI is InChI=1S/C16H14BrN3/c17-15-4-12(7-18)5-16(6-15)20-8-11-1-2-13-9-19-10-14(13)3-11/h1-6,19-20H,8-10H2. The van der Waals surface area contributed by atoms with E-state index >= 15 is 0 Å². The largest absolute Gasteiger partial charge is 0.381 e. The number of fused-ring (bicyclic) bond motifs is 1. The molecule has 0 radical (unpaired) electrons. The molecule has 1 aliphatic heterocycles. The molecule has 0 saturated carbocycles. The summed E-state index contributed by atoms with van der Waals surface area (Å²) in [7, 11) is 0. The van der Waals surface area contributed by atoms with Crippen LogP contribution < -0.4 is 10.6 Å². The number of halogens is 1. The third kappa shape index (κ3) is 2.84. The lowest BCUT2D eigenvalue weighted by Gasteiger charge is -2.09. The second-order valence-corrected chi connectivity index (χ2v) is 5.82. The van der Waals surface area contributed by atoms with E-state index in [1.54, 1.807) is 0 Å². The Morgan fingerprint density at radius 2 is 2.00 bits per heavy atom. The van der Waals surface area contributed by atoms with Crippen molar-refractivity contribution in [2.75, 3.05) is 5.32 Å². The molecule has 3 rings (SSSR count). The lowest BCUT2D eigenvalue weighted by molar-refractivity contribution is 0.764. The number of rotatable bonds is 3. The van der Waals surface area contributed by atoms with Gasteiger partial charge in [0.25, 0.3) is 0 Å². The van der Waals surface area contributed by atoms with E-state index in [0.29, 0.717) is 5.56 Å². The first-order valence-corrected chi connectivity index (χ1v) is 7.30. The van der Waals surface area contributed by atoms with Crippen LogP contribution in [0.1, 0.15) is 22.3 Å². The van der Waals surface area contributed by atoms with Gasteiger partial charge in [0.05, 0.1) is 11.6 Å². The Kier molecular flexibility index (Phi) is 3.72. The van der Waals surface area contributed by atoms with Crippen LogP contribution in [0.25, 0.3) is 0 Å². The zero-order valence-electron chi connectivity index (χ0n) is 10.9. The molecule has 100 valence electrons. The fourth-order valence-electron chi connectivity index (χ4n) is 2.42. The lowest BCUT2D eigenvalue weighted by atomic mass is 10.1. The average molecular weight is 328 g/mol. The molecule has 1 aliphatic rings. The van der Waals surface area contributed by atoms with Crippen molar-refractivity contribution >= 4 is 21.6 Å². The van der Waals surface area contributed by atoms with Crippen molar-refractivity contribution in [1.82, 2.24) is 5.32 Å². The van der Waals surface area contributed by atoms with E-state index in [1.807, 2.05) is 18.2 Å². The maximum Gasteiger partial charge on any atom is 0.0992 e. The van der Waals surface area contributed by atoms with E-state index in [4.69, 9.17) is 5.26 Å². The SMILES string of the molecule is N#Cc1cc(Br)cc(NCc2ccc3c(c2)CNC3)c1. The predicted octanol–water partition coefficient (Wildman–Crippen LogP) is 3.54. The highest BCUT2D eigenvalue weighted by atomic mass is 79.9. The molecule has 0 atom stereocenters. The number of nitriles is 1. The van der Waals surface area contributed by atoms with Crippen molar-refractivity contribution in [3.8, 4) is 6.07 Å². The van der Waals surface area contributed by atoms with E-state index in [0.717, 1.165) is 29.8 Å². The summed E-state index contributed by atoms with van der Waals surface area (Å²) < 4.78 is 0.914. The number of hydrogen-bond donors (Lipinski definition) is 2. The Morgan fingerprint density at radius 1 is 1.15 bits per heavy atom. The topological polar surface area (TPSA) is 47.9 Å². The van der Waals surface area contributed by atoms with Gasteiger partial charge in [0.15, 0.2) is 0 Å². The molecule has 2 aromatic rings. The van der Waals surface area contributed by atoms with Gasteiger partial charge in [-0.2, -0.15) is 5.26 Å². The quantitative estimate of drug-likeness (QED) is 0.906. The van der Waals surface area contributed by atoms with Crippen molar-refractivity contribution in [3.63, 3.8) is 0 Å². The first-order chi connectivity index (χ1) is 9.74. The van der Waals surface area contributed by atoms with Crippen LogP contribution in [-0.4, -0.2) is 0 Å². The summed E-state index contributed by atoms with van der Waals surface area (Å²) >= 11 is 3.42. The van der Waals surface area contributed by atoms with Gasteiger partial charge in [0.1, 0.15) is 0 Å². The summed E-state index contributed by atoms with van der Waals surface area (Å²) in [4.78, 5) is 0. The molecule has 0 bridgehead atoms. The molecule has 3 nitrogen and oxygen atoms in total. The second kappa shape index (κ2) is 5.66. The molecule has 2 N–H and O–H groups in total. The number of nitrogens with zero attached hydrogens (tertiary/aromatic N) is 1. The van der Waals surface area contributed by atoms with Gasteiger partial charge in [0.2, 0.25) is 0 Å². The van der Waals surface area contributed by atoms with E-state index in [1.165, 1.54) is 16.7 Å². The second-order valence-electron chi connectivity index (χ2n) is 4.90. The molecule has 1 heterocycles. The van der Waals surface area contributed by atoms with Crippen LogP contribution in [0.4, 0.5) is 5.69 Å². The van der Waals surface area contributed by atoms with Crippen molar-refractivity contribution < 1.29 is 0 Å². The van der Waals surface area contributed by atoms with Crippen LogP contribution >= 0.6 is 15.9 Å². The number of nitrogens with one attached hydrogen (secondary N) is 2. The number of hydrogen-bond acceptors (Lipinski definition) is 3. The number of benzene rings is 2. The van der Waals surface area contributed by atoms with Gasteiger partial charge >= 0.3 is 0 Å². The average Bonchev–Trinajstić information content (AvgIpc) is 2.92. The zero-order chi connectivity index (χ0) is 13.9. The fourth-order valence-corrected chi connectivity index (χ4v) is 2.91. The van der Waals surface area contributed by atoms with Crippen molar-refractivity contribution in [1.29, 1.82) is 5.26 Å². The highest BCUT2D eigenvalue weighted by Crippen LogP contribution is 2.21. The summed E-state index contributed by atoms with van der Waals surface area (Å²) in [5.41, 5.74) is 5.64. The maximum absolute atomic E-state index is 8.97. The van der Waals surface area contributed by atoms with Crippen LogP contribution in [0.15, 0.2) is 40.9 Å². The fraction of sp³-hybridized carbons (Fsp3) is 0.188. The maximum atomic E-state index is 8.97. The van der Waals surface area contributed by atoms with E-state index in [2.05, 4.69) is 50.8 Å². The Balaban J connectivity index is 1.73. The van der Waals surface area contributed by atoms with Crippen LogP contribution in [0.3, 0.4) is 0 Å². The van der Waals surface area contributed by atoms with Crippen LogP contribution in [0.2, 0.25) is 0 Å². The first kappa shape index (κ1) is 13.2. The summed E-state index contributed by atoms with van der Waals surface area (Å²) in [6.45, 7) is 2.69. The van der Waals surface area contributed by atoms with Crippen molar-refractivity contribution in [2.45, 2.75) is 19.6 Å². The molecule has 0 amide bonds. The van der Waals surface area contributed by atoms with Gasteiger partial charge in [-0.15, -0.1) is 0 Å². The smallest absolute Gasteiger partial charge is 0.0992 e. The Hall–Kier alpha value is -1.83. The lowest BCUT2D eigenvalue weighted by Crippen LogP contribution is -2.01. The van der Waals surface area contributed by atoms with Crippen molar-refractivity contribution in [3.05, 3.63) is 63.1 Å². The highest BCUT2D eigenvalue weighted by molar-refractivity contribution is 9.10. The summed E-state index contributed by atoms with van der Waals surface area (Å²) in [6, 6.07) is 14.4. The minimum Gasteiger partial charge on any atom is -0.381 e. The van der Waals surface area contributed by atoms with Gasteiger partial charge in [-0.05, 0) is 34.9 Å². The van der Waals surface area contributed by atoms with Gasteiger partial charge in [0, 0.05) is 29.8 Å².